The number of carbonyl (C=O) groups excluding carboxylic acids is 2. The summed E-state index contributed by atoms with van der Waals surface area (Å²) in [5.74, 6) is -0.428. The standard InChI is InChI=1S/C22H31N5O5S.ClH/c23-7-1-9-30-11-13-32-14-12-31-10-2-8-25-20(28)5-6-21(29)26-17-3-4-18-19(15-17)33-22(16-24)27-18;/h3-4,15H,1-2,5-14,23H2,(H,25,28)(H,26,29);1H. The van der Waals surface area contributed by atoms with Gasteiger partial charge in [-0.3, -0.25) is 9.59 Å². The Morgan fingerprint density at radius 2 is 1.65 bits per heavy atom. The Labute approximate surface area is 209 Å². The second-order valence-corrected chi connectivity index (χ2v) is 8.08. The Balaban J connectivity index is 0.00000578. The minimum Gasteiger partial charge on any atom is -0.379 e. The maximum absolute atomic E-state index is 12.1. The molecule has 2 amide bonds. The molecule has 0 aliphatic carbocycles. The van der Waals surface area contributed by atoms with Gasteiger partial charge in [0.2, 0.25) is 11.8 Å². The second kappa shape index (κ2) is 18.1. The van der Waals surface area contributed by atoms with E-state index < -0.39 is 0 Å². The molecule has 0 bridgehead atoms. The Hall–Kier alpha value is -2.33. The fourth-order valence-corrected chi connectivity index (χ4v) is 3.52. The highest BCUT2D eigenvalue weighted by Gasteiger charge is 2.09. The molecule has 0 aliphatic heterocycles. The fraction of sp³-hybridized carbons (Fsp3) is 0.545. The highest BCUT2D eigenvalue weighted by Crippen LogP contribution is 2.24. The van der Waals surface area contributed by atoms with Crippen molar-refractivity contribution in [1.29, 1.82) is 5.26 Å². The van der Waals surface area contributed by atoms with Crippen LogP contribution in [0, 0.1) is 11.3 Å². The minimum absolute atomic E-state index is 0. The molecule has 1 aromatic carbocycles. The molecule has 34 heavy (non-hydrogen) atoms. The molecular formula is C22H32ClN5O5S. The Kier molecular flexibility index (Phi) is 15.8. The zero-order chi connectivity index (χ0) is 23.7. The van der Waals surface area contributed by atoms with Gasteiger partial charge in [0.1, 0.15) is 6.07 Å². The monoisotopic (exact) mass is 513 g/mol. The van der Waals surface area contributed by atoms with Crippen molar-refractivity contribution in [2.45, 2.75) is 25.7 Å². The topological polar surface area (TPSA) is 149 Å². The van der Waals surface area contributed by atoms with Gasteiger partial charge >= 0.3 is 0 Å². The van der Waals surface area contributed by atoms with E-state index >= 15 is 0 Å². The summed E-state index contributed by atoms with van der Waals surface area (Å²) in [5, 5.41) is 14.8. The van der Waals surface area contributed by atoms with Crippen LogP contribution in [0.3, 0.4) is 0 Å². The fourth-order valence-electron chi connectivity index (χ4n) is 2.72. The number of nitrogens with zero attached hydrogens (tertiary/aromatic N) is 2. The first-order valence-electron chi connectivity index (χ1n) is 10.9. The summed E-state index contributed by atoms with van der Waals surface area (Å²) in [6, 6.07) is 7.26. The molecule has 0 saturated heterocycles. The van der Waals surface area contributed by atoms with Crippen molar-refractivity contribution < 1.29 is 23.8 Å². The third-order valence-corrected chi connectivity index (χ3v) is 5.29. The van der Waals surface area contributed by atoms with Crippen molar-refractivity contribution in [2.24, 2.45) is 5.73 Å². The Bertz CT molecular complexity index is 921. The molecule has 1 aromatic heterocycles. The molecule has 0 atom stereocenters. The molecule has 10 nitrogen and oxygen atoms in total. The summed E-state index contributed by atoms with van der Waals surface area (Å²) in [6.45, 7) is 4.35. The van der Waals surface area contributed by atoms with Crippen LogP contribution in [0.25, 0.3) is 10.2 Å². The molecule has 2 rings (SSSR count). The van der Waals surface area contributed by atoms with Crippen molar-refractivity contribution in [3.8, 4) is 6.07 Å². The molecule has 188 valence electrons. The number of hydrogen-bond donors (Lipinski definition) is 3. The van der Waals surface area contributed by atoms with Gasteiger partial charge in [-0.15, -0.1) is 23.7 Å². The number of aromatic nitrogens is 1. The van der Waals surface area contributed by atoms with Crippen LogP contribution in [0.2, 0.25) is 0 Å². The van der Waals surface area contributed by atoms with Crippen LogP contribution >= 0.6 is 23.7 Å². The first-order valence-corrected chi connectivity index (χ1v) is 11.7. The van der Waals surface area contributed by atoms with E-state index in [-0.39, 0.29) is 37.1 Å². The number of carbonyl (C=O) groups is 2. The van der Waals surface area contributed by atoms with Gasteiger partial charge < -0.3 is 30.6 Å². The van der Waals surface area contributed by atoms with E-state index in [2.05, 4.69) is 15.6 Å². The van der Waals surface area contributed by atoms with E-state index in [0.717, 1.165) is 11.1 Å². The first kappa shape index (κ1) is 29.7. The number of halogens is 1. The van der Waals surface area contributed by atoms with E-state index in [1.807, 2.05) is 6.07 Å². The van der Waals surface area contributed by atoms with Crippen LogP contribution in [0.5, 0.6) is 0 Å². The molecule has 12 heteroatoms. The van der Waals surface area contributed by atoms with Crippen LogP contribution in [0.15, 0.2) is 18.2 Å². The van der Waals surface area contributed by atoms with Crippen LogP contribution in [-0.4, -0.2) is 69.5 Å². The molecule has 2 aromatic rings. The number of ether oxygens (including phenoxy) is 3. The number of thiazole rings is 1. The van der Waals surface area contributed by atoms with Crippen molar-refractivity contribution >= 4 is 51.5 Å². The lowest BCUT2D eigenvalue weighted by molar-refractivity contribution is -0.124. The van der Waals surface area contributed by atoms with E-state index in [1.165, 1.54) is 11.3 Å². The predicted octanol–water partition coefficient (Wildman–Crippen LogP) is 2.21. The summed E-state index contributed by atoms with van der Waals surface area (Å²) in [6.07, 6.45) is 1.72. The summed E-state index contributed by atoms with van der Waals surface area (Å²) in [5.41, 5.74) is 6.70. The number of fused-ring (bicyclic) bond motifs is 1. The molecule has 0 fully saturated rings. The van der Waals surface area contributed by atoms with Gasteiger partial charge in [0, 0.05) is 38.3 Å². The van der Waals surface area contributed by atoms with Crippen LogP contribution < -0.4 is 16.4 Å². The Morgan fingerprint density at radius 1 is 1.00 bits per heavy atom. The van der Waals surface area contributed by atoms with Gasteiger partial charge in [0.05, 0.1) is 36.6 Å². The zero-order valence-corrected chi connectivity index (χ0v) is 20.7. The van der Waals surface area contributed by atoms with Crippen molar-refractivity contribution in [3.63, 3.8) is 0 Å². The summed E-state index contributed by atoms with van der Waals surface area (Å²) in [4.78, 5) is 28.2. The largest absolute Gasteiger partial charge is 0.379 e. The lowest BCUT2D eigenvalue weighted by Crippen LogP contribution is -2.26. The van der Waals surface area contributed by atoms with Crippen LogP contribution in [0.4, 0.5) is 5.69 Å². The Morgan fingerprint density at radius 3 is 2.32 bits per heavy atom. The molecule has 0 unspecified atom stereocenters. The number of hydrogen-bond acceptors (Lipinski definition) is 9. The summed E-state index contributed by atoms with van der Waals surface area (Å²) in [7, 11) is 0. The number of amides is 2. The van der Waals surface area contributed by atoms with E-state index in [0.29, 0.717) is 75.4 Å². The molecule has 0 aliphatic rings. The molecule has 0 spiro atoms. The second-order valence-electron chi connectivity index (χ2n) is 7.04. The van der Waals surface area contributed by atoms with Gasteiger partial charge in [-0.05, 0) is 37.6 Å². The third-order valence-electron chi connectivity index (χ3n) is 4.37. The average molecular weight is 514 g/mol. The SMILES string of the molecule is Cl.N#Cc1nc2ccc(NC(=O)CCC(=O)NCCCOCCOCCOCCCN)cc2s1. The van der Waals surface area contributed by atoms with Crippen molar-refractivity contribution in [2.75, 3.05) is 58.0 Å². The predicted molar refractivity (Wildman–Crippen MR) is 133 cm³/mol. The maximum Gasteiger partial charge on any atom is 0.224 e. The minimum atomic E-state index is -0.248. The lowest BCUT2D eigenvalue weighted by atomic mass is 10.2. The van der Waals surface area contributed by atoms with Gasteiger partial charge in [0.15, 0.2) is 5.01 Å². The van der Waals surface area contributed by atoms with E-state index in [9.17, 15) is 9.59 Å². The van der Waals surface area contributed by atoms with Crippen LogP contribution in [0.1, 0.15) is 30.7 Å². The smallest absolute Gasteiger partial charge is 0.224 e. The highest BCUT2D eigenvalue weighted by atomic mass is 35.5. The number of nitrogens with one attached hydrogen (secondary N) is 2. The molecule has 0 radical (unpaired) electrons. The van der Waals surface area contributed by atoms with Crippen molar-refractivity contribution in [3.05, 3.63) is 23.2 Å². The molecule has 4 N–H and O–H groups in total. The number of nitriles is 1. The number of benzene rings is 1. The lowest BCUT2D eigenvalue weighted by Gasteiger charge is -2.08. The van der Waals surface area contributed by atoms with E-state index in [1.54, 1.807) is 18.2 Å². The number of nitrogens with two attached hydrogens (primary N) is 1. The number of anilines is 1. The highest BCUT2D eigenvalue weighted by molar-refractivity contribution is 7.19. The quantitative estimate of drug-likeness (QED) is 0.272. The zero-order valence-electron chi connectivity index (χ0n) is 19.0. The van der Waals surface area contributed by atoms with Gasteiger partial charge in [-0.2, -0.15) is 5.26 Å². The normalized spacial score (nSPS) is 10.5. The summed E-state index contributed by atoms with van der Waals surface area (Å²) >= 11 is 1.27. The molecular weight excluding hydrogens is 482 g/mol. The summed E-state index contributed by atoms with van der Waals surface area (Å²) < 4.78 is 17.0. The maximum atomic E-state index is 12.1. The van der Waals surface area contributed by atoms with E-state index in [4.69, 9.17) is 25.2 Å². The van der Waals surface area contributed by atoms with Gasteiger partial charge in [0.25, 0.3) is 0 Å². The third kappa shape index (κ3) is 12.2. The molecule has 0 saturated carbocycles. The van der Waals surface area contributed by atoms with Gasteiger partial charge in [-0.25, -0.2) is 4.98 Å². The van der Waals surface area contributed by atoms with Crippen molar-refractivity contribution in [1.82, 2.24) is 10.3 Å². The van der Waals surface area contributed by atoms with Crippen LogP contribution in [-0.2, 0) is 23.8 Å². The molecule has 1 heterocycles. The van der Waals surface area contributed by atoms with Gasteiger partial charge in [-0.1, -0.05) is 0 Å². The number of rotatable bonds is 17. The first-order chi connectivity index (χ1) is 16.1. The average Bonchev–Trinajstić information content (AvgIpc) is 3.23.